The lowest BCUT2D eigenvalue weighted by Gasteiger charge is -2.38. The number of carbonyl (C=O) groups excluding carboxylic acids is 2. The molecular formula is C25H22ClFN6O2. The van der Waals surface area contributed by atoms with E-state index in [0.29, 0.717) is 40.7 Å². The maximum absolute atomic E-state index is 13.7. The van der Waals surface area contributed by atoms with Crippen LogP contribution in [0.2, 0.25) is 5.02 Å². The van der Waals surface area contributed by atoms with Gasteiger partial charge in [0.1, 0.15) is 11.5 Å². The fourth-order valence-electron chi connectivity index (χ4n) is 4.62. The summed E-state index contributed by atoms with van der Waals surface area (Å²) in [6.45, 7) is 0.572. The van der Waals surface area contributed by atoms with E-state index in [1.807, 2.05) is 0 Å². The highest BCUT2D eigenvalue weighted by atomic mass is 35.5. The first-order valence-corrected chi connectivity index (χ1v) is 11.6. The number of nitriles is 1. The molecule has 1 atom stereocenters. The lowest BCUT2D eigenvalue weighted by Crippen LogP contribution is -2.52. The Labute approximate surface area is 206 Å². The Balaban J connectivity index is 1.53. The summed E-state index contributed by atoms with van der Waals surface area (Å²) >= 11 is 5.97. The van der Waals surface area contributed by atoms with E-state index >= 15 is 0 Å². The number of nitrogens with two attached hydrogens (primary N) is 1. The number of amides is 3. The summed E-state index contributed by atoms with van der Waals surface area (Å²) in [5.41, 5.74) is 8.44. The third kappa shape index (κ3) is 4.10. The number of nitrogens with zero attached hydrogens (tertiary/aromatic N) is 5. The maximum atomic E-state index is 13.7. The standard InChI is InChI=1S/C25H22ClFN6O2/c1-31(17-7-2-14(11-28)3-8-17)25(35)32-12-21-22(24(29)34)23(16-6-9-19(27)18(26)10-16)30-33(21)13-20(32)15-4-5-15/h2-3,6-10,15,20H,4-5,12-13H2,1H3,(H2,29,34). The van der Waals surface area contributed by atoms with Gasteiger partial charge in [-0.3, -0.25) is 14.4 Å². The molecule has 2 heterocycles. The molecule has 0 radical (unpaired) electrons. The Kier molecular flexibility index (Phi) is 5.69. The van der Waals surface area contributed by atoms with Crippen molar-refractivity contribution in [1.29, 1.82) is 5.26 Å². The molecule has 1 aromatic heterocycles. The topological polar surface area (TPSA) is 108 Å². The monoisotopic (exact) mass is 492 g/mol. The van der Waals surface area contributed by atoms with Crippen LogP contribution in [-0.2, 0) is 13.1 Å². The highest BCUT2D eigenvalue weighted by Gasteiger charge is 2.43. The molecule has 3 amide bonds. The van der Waals surface area contributed by atoms with Gasteiger partial charge in [0.2, 0.25) is 0 Å². The van der Waals surface area contributed by atoms with Crippen molar-refractivity contribution in [3.8, 4) is 17.3 Å². The minimum absolute atomic E-state index is 0.0828. The number of anilines is 1. The average molecular weight is 493 g/mol. The summed E-state index contributed by atoms with van der Waals surface area (Å²) in [7, 11) is 1.68. The number of benzene rings is 2. The lowest BCUT2D eigenvalue weighted by atomic mass is 10.0. The van der Waals surface area contributed by atoms with Crippen molar-refractivity contribution >= 4 is 29.2 Å². The quantitative estimate of drug-likeness (QED) is 0.589. The molecule has 2 aromatic carbocycles. The van der Waals surface area contributed by atoms with E-state index < -0.39 is 11.7 Å². The predicted octanol–water partition coefficient (Wildman–Crippen LogP) is 4.16. The highest BCUT2D eigenvalue weighted by Crippen LogP contribution is 2.41. The molecule has 5 rings (SSSR count). The van der Waals surface area contributed by atoms with Crippen molar-refractivity contribution in [2.45, 2.75) is 32.0 Å². The van der Waals surface area contributed by atoms with Gasteiger partial charge in [0.05, 0.1) is 47.0 Å². The first-order valence-electron chi connectivity index (χ1n) is 11.2. The second kappa shape index (κ2) is 8.71. The number of primary amides is 1. The molecule has 8 nitrogen and oxygen atoms in total. The molecule has 178 valence electrons. The van der Waals surface area contributed by atoms with Crippen LogP contribution in [-0.4, -0.2) is 39.7 Å². The Bertz CT molecular complexity index is 1380. The normalized spacial score (nSPS) is 17.0. The van der Waals surface area contributed by atoms with Crippen LogP contribution < -0.4 is 10.6 Å². The molecule has 0 saturated heterocycles. The number of hydrogen-bond acceptors (Lipinski definition) is 4. The third-order valence-electron chi connectivity index (χ3n) is 6.66. The van der Waals surface area contributed by atoms with Crippen LogP contribution in [0.25, 0.3) is 11.3 Å². The van der Waals surface area contributed by atoms with Gasteiger partial charge in [-0.2, -0.15) is 10.4 Å². The Morgan fingerprint density at radius 2 is 1.94 bits per heavy atom. The molecule has 35 heavy (non-hydrogen) atoms. The van der Waals surface area contributed by atoms with Crippen molar-refractivity contribution in [1.82, 2.24) is 14.7 Å². The number of fused-ring (bicyclic) bond motifs is 1. The van der Waals surface area contributed by atoms with Crippen molar-refractivity contribution < 1.29 is 14.0 Å². The summed E-state index contributed by atoms with van der Waals surface area (Å²) in [6, 6.07) is 12.7. The zero-order valence-corrected chi connectivity index (χ0v) is 19.7. The molecule has 1 aliphatic carbocycles. The third-order valence-corrected chi connectivity index (χ3v) is 6.95. The first kappa shape index (κ1) is 22.9. The number of aromatic nitrogens is 2. The number of carbonyl (C=O) groups is 2. The number of halogens is 2. The molecule has 2 aliphatic rings. The van der Waals surface area contributed by atoms with Gasteiger partial charge in [0.15, 0.2) is 0 Å². The second-order valence-electron chi connectivity index (χ2n) is 8.88. The summed E-state index contributed by atoms with van der Waals surface area (Å²) in [5, 5.41) is 13.6. The van der Waals surface area contributed by atoms with E-state index in [4.69, 9.17) is 22.6 Å². The van der Waals surface area contributed by atoms with Crippen molar-refractivity contribution in [2.75, 3.05) is 11.9 Å². The van der Waals surface area contributed by atoms with Gasteiger partial charge in [-0.15, -0.1) is 0 Å². The summed E-state index contributed by atoms with van der Waals surface area (Å²) in [5.74, 6) is -0.915. The van der Waals surface area contributed by atoms with E-state index in [-0.39, 0.29) is 29.2 Å². The highest BCUT2D eigenvalue weighted by molar-refractivity contribution is 6.31. The molecule has 10 heteroatoms. The molecule has 1 fully saturated rings. The largest absolute Gasteiger partial charge is 0.365 e. The van der Waals surface area contributed by atoms with Crippen LogP contribution in [0.3, 0.4) is 0 Å². The molecule has 1 unspecified atom stereocenters. The van der Waals surface area contributed by atoms with Crippen LogP contribution in [0, 0.1) is 23.1 Å². The van der Waals surface area contributed by atoms with Crippen LogP contribution in [0.1, 0.15) is 34.5 Å². The van der Waals surface area contributed by atoms with Crippen LogP contribution >= 0.6 is 11.6 Å². The summed E-state index contributed by atoms with van der Waals surface area (Å²) < 4.78 is 15.5. The zero-order valence-electron chi connectivity index (χ0n) is 18.9. The Morgan fingerprint density at radius 1 is 1.23 bits per heavy atom. The van der Waals surface area contributed by atoms with Crippen LogP contribution in [0.15, 0.2) is 42.5 Å². The minimum Gasteiger partial charge on any atom is -0.365 e. The van der Waals surface area contributed by atoms with Crippen molar-refractivity contribution in [2.24, 2.45) is 11.7 Å². The summed E-state index contributed by atoms with van der Waals surface area (Å²) in [6.07, 6.45) is 2.02. The number of urea groups is 1. The molecular weight excluding hydrogens is 471 g/mol. The van der Waals surface area contributed by atoms with Gasteiger partial charge >= 0.3 is 6.03 Å². The number of rotatable bonds is 4. The lowest BCUT2D eigenvalue weighted by molar-refractivity contribution is 0.0992. The van der Waals surface area contributed by atoms with E-state index in [1.54, 1.807) is 40.9 Å². The van der Waals surface area contributed by atoms with E-state index in [2.05, 4.69) is 11.2 Å². The zero-order chi connectivity index (χ0) is 24.9. The van der Waals surface area contributed by atoms with Gasteiger partial charge in [-0.1, -0.05) is 11.6 Å². The Morgan fingerprint density at radius 3 is 2.54 bits per heavy atom. The van der Waals surface area contributed by atoms with Crippen LogP contribution in [0.4, 0.5) is 14.9 Å². The van der Waals surface area contributed by atoms with E-state index in [9.17, 15) is 14.0 Å². The maximum Gasteiger partial charge on any atom is 0.324 e. The van der Waals surface area contributed by atoms with Gasteiger partial charge < -0.3 is 10.6 Å². The summed E-state index contributed by atoms with van der Waals surface area (Å²) in [4.78, 5) is 29.4. The molecule has 0 bridgehead atoms. The van der Waals surface area contributed by atoms with Crippen molar-refractivity contribution in [3.63, 3.8) is 0 Å². The predicted molar refractivity (Wildman–Crippen MR) is 128 cm³/mol. The van der Waals surface area contributed by atoms with E-state index in [0.717, 1.165) is 12.8 Å². The second-order valence-corrected chi connectivity index (χ2v) is 9.29. The average Bonchev–Trinajstić information content (AvgIpc) is 3.63. The Hall–Kier alpha value is -3.90. The van der Waals surface area contributed by atoms with E-state index in [1.165, 1.54) is 23.1 Å². The SMILES string of the molecule is CN(C(=O)N1Cc2c(C(N)=O)c(-c3ccc(F)c(Cl)c3)nn2CC1C1CC1)c1ccc(C#N)cc1. The van der Waals surface area contributed by atoms with Crippen LogP contribution in [0.5, 0.6) is 0 Å². The minimum atomic E-state index is -0.681. The molecule has 1 saturated carbocycles. The molecule has 0 spiro atoms. The fourth-order valence-corrected chi connectivity index (χ4v) is 4.80. The fraction of sp³-hybridized carbons (Fsp3) is 0.280. The van der Waals surface area contributed by atoms with Gasteiger partial charge in [-0.05, 0) is 61.2 Å². The molecule has 3 aromatic rings. The number of hydrogen-bond donors (Lipinski definition) is 1. The first-order chi connectivity index (χ1) is 16.8. The molecule has 1 aliphatic heterocycles. The van der Waals surface area contributed by atoms with Gasteiger partial charge in [0.25, 0.3) is 5.91 Å². The van der Waals surface area contributed by atoms with Gasteiger partial charge in [0, 0.05) is 18.3 Å². The van der Waals surface area contributed by atoms with Crippen molar-refractivity contribution in [3.05, 3.63) is 70.1 Å². The van der Waals surface area contributed by atoms with Gasteiger partial charge in [-0.25, -0.2) is 9.18 Å². The molecule has 2 N–H and O–H groups in total. The smallest absolute Gasteiger partial charge is 0.324 e.